The summed E-state index contributed by atoms with van der Waals surface area (Å²) in [4.78, 5) is 18.4. The number of thiazole rings is 1. The predicted molar refractivity (Wildman–Crippen MR) is 91.6 cm³/mol. The van der Waals surface area contributed by atoms with Crippen LogP contribution in [0.4, 0.5) is 0 Å². The maximum atomic E-state index is 12.5. The molecule has 2 aliphatic rings. The van der Waals surface area contributed by atoms with Crippen LogP contribution in [0.25, 0.3) is 0 Å². The fourth-order valence-corrected chi connectivity index (χ4v) is 5.60. The van der Waals surface area contributed by atoms with Gasteiger partial charge in [-0.1, -0.05) is 0 Å². The number of rotatable bonds is 4. The Morgan fingerprint density at radius 3 is 2.71 bits per heavy atom. The molecule has 0 aliphatic carbocycles. The van der Waals surface area contributed by atoms with Crippen LogP contribution in [0.2, 0.25) is 0 Å². The summed E-state index contributed by atoms with van der Waals surface area (Å²) in [5, 5.41) is 1.73. The zero-order valence-corrected chi connectivity index (χ0v) is 15.4. The number of nitrogens with zero attached hydrogens (tertiary/aromatic N) is 3. The average Bonchev–Trinajstić information content (AvgIpc) is 3.09. The van der Waals surface area contributed by atoms with Gasteiger partial charge in [0.2, 0.25) is 10.0 Å². The Morgan fingerprint density at radius 2 is 2.08 bits per heavy atom. The third-order valence-electron chi connectivity index (χ3n) is 4.63. The van der Waals surface area contributed by atoms with Gasteiger partial charge in [-0.3, -0.25) is 4.79 Å². The molecule has 0 spiro atoms. The lowest BCUT2D eigenvalue weighted by Crippen LogP contribution is -2.55. The summed E-state index contributed by atoms with van der Waals surface area (Å²) in [5.74, 6) is -0.110. The van der Waals surface area contributed by atoms with Gasteiger partial charge in [-0.05, 0) is 25.7 Å². The molecule has 1 amide bonds. The van der Waals surface area contributed by atoms with Crippen LogP contribution in [0.15, 0.2) is 10.9 Å². The quantitative estimate of drug-likeness (QED) is 0.792. The van der Waals surface area contributed by atoms with E-state index in [2.05, 4.69) is 4.98 Å². The topological polar surface area (TPSA) is 79.8 Å². The Bertz CT molecular complexity index is 656. The van der Waals surface area contributed by atoms with Crippen LogP contribution < -0.4 is 0 Å². The van der Waals surface area contributed by atoms with Gasteiger partial charge in [0.05, 0.1) is 11.8 Å². The second-order valence-corrected chi connectivity index (χ2v) is 8.96. The number of aromatic nitrogens is 1. The molecule has 1 aromatic heterocycles. The molecular weight excluding hydrogens is 350 g/mol. The van der Waals surface area contributed by atoms with E-state index in [-0.39, 0.29) is 18.0 Å². The van der Waals surface area contributed by atoms with Crippen LogP contribution in [-0.4, -0.2) is 73.2 Å². The van der Waals surface area contributed by atoms with Crippen LogP contribution in [-0.2, 0) is 14.8 Å². The maximum absolute atomic E-state index is 12.5. The fourth-order valence-electron chi connectivity index (χ4n) is 3.61. The van der Waals surface area contributed by atoms with Crippen LogP contribution in [0.1, 0.15) is 36.2 Å². The first-order valence-corrected chi connectivity index (χ1v) is 11.0. The second kappa shape index (κ2) is 7.47. The minimum atomic E-state index is -3.34. The van der Waals surface area contributed by atoms with Gasteiger partial charge in [0.15, 0.2) is 0 Å². The number of likely N-dealkylation sites (tertiary alicyclic amines) is 1. The van der Waals surface area contributed by atoms with Gasteiger partial charge in [0.25, 0.3) is 5.91 Å². The molecular formula is C15H23N3O4S2. The molecule has 0 aromatic carbocycles. The summed E-state index contributed by atoms with van der Waals surface area (Å²) in [6, 6.07) is -0.201. The summed E-state index contributed by atoms with van der Waals surface area (Å²) in [5.41, 5.74) is 2.08. The first kappa shape index (κ1) is 17.8. The molecule has 0 saturated carbocycles. The number of hydrogen-bond donors (Lipinski definition) is 0. The zero-order valence-electron chi connectivity index (χ0n) is 13.8. The molecule has 2 fully saturated rings. The molecule has 1 atom stereocenters. The van der Waals surface area contributed by atoms with Crippen molar-refractivity contribution in [2.45, 2.75) is 37.8 Å². The first-order chi connectivity index (χ1) is 11.5. The number of hydrogen-bond acceptors (Lipinski definition) is 6. The molecule has 134 valence electrons. The molecule has 9 heteroatoms. The first-order valence-electron chi connectivity index (χ1n) is 8.20. The van der Waals surface area contributed by atoms with Crippen LogP contribution >= 0.6 is 11.3 Å². The highest BCUT2D eigenvalue weighted by Gasteiger charge is 2.38. The second-order valence-electron chi connectivity index (χ2n) is 6.36. The summed E-state index contributed by atoms with van der Waals surface area (Å²) < 4.78 is 31.8. The van der Waals surface area contributed by atoms with E-state index in [1.807, 2.05) is 0 Å². The summed E-state index contributed by atoms with van der Waals surface area (Å²) in [7, 11) is -3.34. The van der Waals surface area contributed by atoms with E-state index in [9.17, 15) is 13.2 Å². The highest BCUT2D eigenvalue weighted by molar-refractivity contribution is 7.88. The van der Waals surface area contributed by atoms with E-state index < -0.39 is 10.0 Å². The van der Waals surface area contributed by atoms with Gasteiger partial charge in [0.1, 0.15) is 5.69 Å². The lowest BCUT2D eigenvalue weighted by molar-refractivity contribution is 0.0341. The normalized spacial score (nSPS) is 23.6. The number of amides is 1. The molecule has 2 saturated heterocycles. The smallest absolute Gasteiger partial charge is 0.273 e. The van der Waals surface area contributed by atoms with Crippen molar-refractivity contribution in [1.29, 1.82) is 0 Å². The van der Waals surface area contributed by atoms with E-state index >= 15 is 0 Å². The fraction of sp³-hybridized carbons (Fsp3) is 0.733. The van der Waals surface area contributed by atoms with Crippen molar-refractivity contribution in [3.05, 3.63) is 16.6 Å². The van der Waals surface area contributed by atoms with E-state index in [1.54, 1.807) is 20.1 Å². The standard InChI is InChI=1S/C15H23N3O4S2/c1-24(20,21)18(12-4-7-22-8-5-12)13-3-2-6-17(9-13)15(19)14-10-23-11-16-14/h10-13H,2-9H2,1H3. The molecule has 0 radical (unpaired) electrons. The third-order valence-corrected chi connectivity index (χ3v) is 6.58. The Morgan fingerprint density at radius 1 is 1.33 bits per heavy atom. The Hall–Kier alpha value is -1.03. The summed E-state index contributed by atoms with van der Waals surface area (Å²) >= 11 is 1.39. The van der Waals surface area contributed by atoms with Crippen molar-refractivity contribution in [1.82, 2.24) is 14.2 Å². The molecule has 1 unspecified atom stereocenters. The number of ether oxygens (including phenoxy) is 1. The van der Waals surface area contributed by atoms with Gasteiger partial charge < -0.3 is 9.64 Å². The number of piperidine rings is 1. The molecule has 3 heterocycles. The van der Waals surface area contributed by atoms with Crippen molar-refractivity contribution < 1.29 is 17.9 Å². The molecule has 3 rings (SSSR count). The third kappa shape index (κ3) is 3.96. The van der Waals surface area contributed by atoms with Crippen molar-refractivity contribution in [3.63, 3.8) is 0 Å². The van der Waals surface area contributed by atoms with Gasteiger partial charge in [-0.2, -0.15) is 4.31 Å². The van der Waals surface area contributed by atoms with Crippen LogP contribution in [0, 0.1) is 0 Å². The average molecular weight is 374 g/mol. The Labute approximate surface area is 146 Å². The zero-order chi connectivity index (χ0) is 17.2. The van der Waals surface area contributed by atoms with Gasteiger partial charge in [-0.15, -0.1) is 11.3 Å². The number of carbonyl (C=O) groups is 1. The maximum Gasteiger partial charge on any atom is 0.273 e. The SMILES string of the molecule is CS(=O)(=O)N(C1CCOCC1)C1CCCN(C(=O)c2cscn2)C1. The highest BCUT2D eigenvalue weighted by Crippen LogP contribution is 2.26. The van der Waals surface area contributed by atoms with Crippen molar-refractivity contribution in [2.75, 3.05) is 32.6 Å². The van der Waals surface area contributed by atoms with E-state index in [0.29, 0.717) is 44.8 Å². The largest absolute Gasteiger partial charge is 0.381 e. The van der Waals surface area contributed by atoms with Crippen LogP contribution in [0.3, 0.4) is 0 Å². The monoisotopic (exact) mass is 373 g/mol. The van der Waals surface area contributed by atoms with Crippen molar-refractivity contribution >= 4 is 27.3 Å². The highest BCUT2D eigenvalue weighted by atomic mass is 32.2. The minimum Gasteiger partial charge on any atom is -0.381 e. The minimum absolute atomic E-state index is 0.0342. The molecule has 0 N–H and O–H groups in total. The van der Waals surface area contributed by atoms with Crippen molar-refractivity contribution in [2.24, 2.45) is 0 Å². The molecule has 7 nitrogen and oxygen atoms in total. The molecule has 1 aromatic rings. The number of sulfonamides is 1. The van der Waals surface area contributed by atoms with Crippen molar-refractivity contribution in [3.8, 4) is 0 Å². The summed E-state index contributed by atoms with van der Waals surface area (Å²) in [6.45, 7) is 2.26. The lowest BCUT2D eigenvalue weighted by Gasteiger charge is -2.42. The molecule has 0 bridgehead atoms. The predicted octanol–water partition coefficient (Wildman–Crippen LogP) is 1.19. The van der Waals surface area contributed by atoms with Gasteiger partial charge in [-0.25, -0.2) is 13.4 Å². The molecule has 24 heavy (non-hydrogen) atoms. The lowest BCUT2D eigenvalue weighted by atomic mass is 10.0. The van der Waals surface area contributed by atoms with Crippen LogP contribution in [0.5, 0.6) is 0 Å². The number of carbonyl (C=O) groups excluding carboxylic acids is 1. The summed E-state index contributed by atoms with van der Waals surface area (Å²) in [6.07, 6.45) is 4.28. The molecule has 2 aliphatic heterocycles. The van der Waals surface area contributed by atoms with E-state index in [1.165, 1.54) is 17.6 Å². The van der Waals surface area contributed by atoms with E-state index in [4.69, 9.17) is 4.74 Å². The van der Waals surface area contributed by atoms with Gasteiger partial charge in [0, 0.05) is 43.8 Å². The Kier molecular flexibility index (Phi) is 5.53. The Balaban J connectivity index is 1.76. The van der Waals surface area contributed by atoms with Gasteiger partial charge >= 0.3 is 0 Å². The van der Waals surface area contributed by atoms with E-state index in [0.717, 1.165) is 12.8 Å².